The third-order valence-electron chi connectivity index (χ3n) is 5.23. The number of sulfonamides is 1. The lowest BCUT2D eigenvalue weighted by Gasteiger charge is -2.22. The number of rotatable bonds is 9. The minimum Gasteiger partial charge on any atom is -0.300 e. The van der Waals surface area contributed by atoms with Crippen molar-refractivity contribution in [3.05, 3.63) is 59.9 Å². The van der Waals surface area contributed by atoms with E-state index in [4.69, 9.17) is 5.14 Å². The fourth-order valence-electron chi connectivity index (χ4n) is 3.66. The van der Waals surface area contributed by atoms with Crippen LogP contribution in [0.15, 0.2) is 53.4 Å². The molecular formula is C21H25N5O3S. The average Bonchev–Trinajstić information content (AvgIpc) is 3.25. The number of H-pyrrole nitrogens is 1. The molecule has 3 N–H and O–H groups in total. The second kappa shape index (κ2) is 9.27. The Morgan fingerprint density at radius 3 is 2.13 bits per heavy atom. The lowest BCUT2D eigenvalue weighted by Crippen LogP contribution is -2.23. The van der Waals surface area contributed by atoms with Gasteiger partial charge < -0.3 is 0 Å². The van der Waals surface area contributed by atoms with Gasteiger partial charge in [-0.25, -0.2) is 13.6 Å². The van der Waals surface area contributed by atoms with Gasteiger partial charge in [0, 0.05) is 11.8 Å². The molecule has 3 aromatic rings. The zero-order valence-electron chi connectivity index (χ0n) is 16.9. The number of nitrogens with two attached hydrogens (primary N) is 1. The maximum Gasteiger partial charge on any atom is 0.238 e. The van der Waals surface area contributed by atoms with Gasteiger partial charge in [0.2, 0.25) is 10.0 Å². The molecular weight excluding hydrogens is 402 g/mol. The fraction of sp³-hybridized carbons (Fsp3) is 0.333. The van der Waals surface area contributed by atoms with Gasteiger partial charge in [-0.05, 0) is 48.6 Å². The fourth-order valence-corrected chi connectivity index (χ4v) is 4.18. The number of primary sulfonamides is 1. The SMILES string of the molecule is CCC[C@H](C(C)=O)[C@H](Cc1ccc(-c2ccc(S(N)(=O)=O)cc2)cc1)c1nn[nH]n1. The number of carbonyl (C=O) groups excluding carboxylic acids is 1. The Hall–Kier alpha value is -2.91. The van der Waals surface area contributed by atoms with Crippen molar-refractivity contribution in [2.75, 3.05) is 0 Å². The van der Waals surface area contributed by atoms with E-state index in [1.54, 1.807) is 19.1 Å². The first kappa shape index (κ1) is 21.8. The van der Waals surface area contributed by atoms with E-state index < -0.39 is 10.0 Å². The lowest BCUT2D eigenvalue weighted by molar-refractivity contribution is -0.121. The second-order valence-electron chi connectivity index (χ2n) is 7.35. The van der Waals surface area contributed by atoms with Crippen LogP contribution in [0, 0.1) is 5.92 Å². The van der Waals surface area contributed by atoms with Gasteiger partial charge in [0.05, 0.1) is 4.90 Å². The Balaban J connectivity index is 1.82. The molecule has 0 aliphatic rings. The van der Waals surface area contributed by atoms with Crippen LogP contribution in [-0.4, -0.2) is 34.8 Å². The number of nitrogens with zero attached hydrogens (tertiary/aromatic N) is 3. The zero-order chi connectivity index (χ0) is 21.7. The molecule has 9 heteroatoms. The van der Waals surface area contributed by atoms with Crippen molar-refractivity contribution in [3.8, 4) is 11.1 Å². The van der Waals surface area contributed by atoms with Gasteiger partial charge in [-0.3, -0.25) is 4.79 Å². The highest BCUT2D eigenvalue weighted by molar-refractivity contribution is 7.89. The smallest absolute Gasteiger partial charge is 0.238 e. The van der Waals surface area contributed by atoms with Crippen LogP contribution in [0.1, 0.15) is 44.0 Å². The van der Waals surface area contributed by atoms with Crippen LogP contribution in [0.2, 0.25) is 0 Å². The standard InChI is InChI=1S/C21H25N5O3S/c1-3-4-19(14(2)27)20(21-23-25-26-24-21)13-15-5-7-16(8-6-15)17-9-11-18(12-10-17)30(22,28)29/h5-12,19-20H,3-4,13H2,1-2H3,(H2,22,28,29)(H,23,24,25,26)/t19-,20+/m1/s1. The van der Waals surface area contributed by atoms with Crippen molar-refractivity contribution < 1.29 is 13.2 Å². The summed E-state index contributed by atoms with van der Waals surface area (Å²) in [5.74, 6) is 0.351. The molecule has 2 atom stereocenters. The number of aromatic amines is 1. The maximum absolute atomic E-state index is 12.3. The second-order valence-corrected chi connectivity index (χ2v) is 8.91. The molecule has 3 rings (SSSR count). The number of tetrazole rings is 1. The topological polar surface area (TPSA) is 132 Å². The number of benzene rings is 2. The summed E-state index contributed by atoms with van der Waals surface area (Å²) >= 11 is 0. The Morgan fingerprint density at radius 1 is 1.07 bits per heavy atom. The van der Waals surface area contributed by atoms with Gasteiger partial charge in [-0.1, -0.05) is 55.0 Å². The molecule has 0 saturated heterocycles. The molecule has 0 unspecified atom stereocenters. The predicted octanol–water partition coefficient (Wildman–Crippen LogP) is 2.85. The summed E-state index contributed by atoms with van der Waals surface area (Å²) in [6.07, 6.45) is 2.28. The van der Waals surface area contributed by atoms with E-state index in [9.17, 15) is 13.2 Å². The molecule has 1 heterocycles. The number of hydrogen-bond donors (Lipinski definition) is 2. The molecule has 158 valence electrons. The minimum atomic E-state index is -3.71. The third-order valence-corrected chi connectivity index (χ3v) is 6.16. The molecule has 1 aromatic heterocycles. The molecule has 30 heavy (non-hydrogen) atoms. The summed E-state index contributed by atoms with van der Waals surface area (Å²) in [5, 5.41) is 19.6. The van der Waals surface area contributed by atoms with Crippen molar-refractivity contribution >= 4 is 15.8 Å². The lowest BCUT2D eigenvalue weighted by atomic mass is 9.81. The predicted molar refractivity (Wildman–Crippen MR) is 113 cm³/mol. The van der Waals surface area contributed by atoms with Crippen molar-refractivity contribution in [2.45, 2.75) is 43.9 Å². The summed E-state index contributed by atoms with van der Waals surface area (Å²) < 4.78 is 22.8. The number of hydrogen-bond acceptors (Lipinski definition) is 6. The number of carbonyl (C=O) groups is 1. The molecule has 0 radical (unpaired) electrons. The van der Waals surface area contributed by atoms with Gasteiger partial charge >= 0.3 is 0 Å². The van der Waals surface area contributed by atoms with E-state index in [0.29, 0.717) is 12.2 Å². The van der Waals surface area contributed by atoms with Crippen molar-refractivity contribution in [1.82, 2.24) is 20.6 Å². The quantitative estimate of drug-likeness (QED) is 0.540. The van der Waals surface area contributed by atoms with E-state index in [0.717, 1.165) is 29.5 Å². The summed E-state index contributed by atoms with van der Waals surface area (Å²) in [6.45, 7) is 3.67. The summed E-state index contributed by atoms with van der Waals surface area (Å²) in [5.41, 5.74) is 2.89. The van der Waals surface area contributed by atoms with Gasteiger partial charge in [-0.15, -0.1) is 10.2 Å². The van der Waals surface area contributed by atoms with Crippen LogP contribution in [0.25, 0.3) is 11.1 Å². The Bertz CT molecular complexity index is 1080. The molecule has 0 amide bonds. The van der Waals surface area contributed by atoms with Crippen LogP contribution < -0.4 is 5.14 Å². The molecule has 0 spiro atoms. The first-order valence-corrected chi connectivity index (χ1v) is 11.3. The largest absolute Gasteiger partial charge is 0.300 e. The van der Waals surface area contributed by atoms with Gasteiger partial charge in [-0.2, -0.15) is 5.21 Å². The van der Waals surface area contributed by atoms with Gasteiger partial charge in [0.15, 0.2) is 5.82 Å². The van der Waals surface area contributed by atoms with Crippen LogP contribution in [0.3, 0.4) is 0 Å². The van der Waals surface area contributed by atoms with Crippen molar-refractivity contribution in [1.29, 1.82) is 0 Å². The molecule has 8 nitrogen and oxygen atoms in total. The normalized spacial score (nSPS) is 13.7. The molecule has 0 bridgehead atoms. The Morgan fingerprint density at radius 2 is 1.67 bits per heavy atom. The highest BCUT2D eigenvalue weighted by Crippen LogP contribution is 2.31. The molecule has 0 aliphatic heterocycles. The summed E-state index contributed by atoms with van der Waals surface area (Å²) in [7, 11) is -3.71. The van der Waals surface area contributed by atoms with E-state index in [-0.39, 0.29) is 22.5 Å². The summed E-state index contributed by atoms with van der Waals surface area (Å²) in [6, 6.07) is 14.4. The average molecular weight is 428 g/mol. The van der Waals surface area contributed by atoms with Crippen molar-refractivity contribution in [2.24, 2.45) is 11.1 Å². The van der Waals surface area contributed by atoms with Crippen LogP contribution in [0.4, 0.5) is 0 Å². The number of ketones is 1. The van der Waals surface area contributed by atoms with Crippen LogP contribution in [-0.2, 0) is 21.2 Å². The number of Topliss-reactive ketones (excluding diaryl/α,β-unsaturated/α-hetero) is 1. The van der Waals surface area contributed by atoms with Crippen LogP contribution in [0.5, 0.6) is 0 Å². The Labute approximate surface area is 176 Å². The maximum atomic E-state index is 12.3. The highest BCUT2D eigenvalue weighted by atomic mass is 32.2. The van der Waals surface area contributed by atoms with Crippen LogP contribution >= 0.6 is 0 Å². The number of nitrogens with one attached hydrogen (secondary N) is 1. The first-order valence-electron chi connectivity index (χ1n) is 9.75. The van der Waals surface area contributed by atoms with Crippen molar-refractivity contribution in [3.63, 3.8) is 0 Å². The zero-order valence-corrected chi connectivity index (χ0v) is 17.8. The van der Waals surface area contributed by atoms with E-state index in [2.05, 4.69) is 27.5 Å². The molecule has 0 fully saturated rings. The van der Waals surface area contributed by atoms with E-state index in [1.165, 1.54) is 12.1 Å². The molecule has 0 saturated carbocycles. The van der Waals surface area contributed by atoms with E-state index in [1.807, 2.05) is 24.3 Å². The monoisotopic (exact) mass is 427 g/mol. The highest BCUT2D eigenvalue weighted by Gasteiger charge is 2.29. The first-order chi connectivity index (χ1) is 14.3. The molecule has 2 aromatic carbocycles. The van der Waals surface area contributed by atoms with Gasteiger partial charge in [0.1, 0.15) is 5.78 Å². The third kappa shape index (κ3) is 5.17. The summed E-state index contributed by atoms with van der Waals surface area (Å²) in [4.78, 5) is 12.3. The number of aromatic nitrogens is 4. The minimum absolute atomic E-state index is 0.0806. The van der Waals surface area contributed by atoms with Gasteiger partial charge in [0.25, 0.3) is 0 Å². The van der Waals surface area contributed by atoms with E-state index >= 15 is 0 Å². The Kier molecular flexibility index (Phi) is 6.73. The molecule has 0 aliphatic carbocycles.